The highest BCUT2D eigenvalue weighted by atomic mass is 19.4. The zero-order valence-electron chi connectivity index (χ0n) is 18.0. The number of rotatable bonds is 4. The molecule has 0 amide bonds. The molecule has 0 spiro atoms. The van der Waals surface area contributed by atoms with Crippen molar-refractivity contribution < 1.29 is 17.9 Å². The Kier molecular flexibility index (Phi) is 5.65. The second kappa shape index (κ2) is 8.49. The number of H-pyrrole nitrogens is 1. The molecule has 2 atom stereocenters. The zero-order chi connectivity index (χ0) is 23.2. The lowest BCUT2D eigenvalue weighted by Crippen LogP contribution is -2.24. The van der Waals surface area contributed by atoms with Gasteiger partial charge in [-0.25, -0.2) is 19.5 Å². The van der Waals surface area contributed by atoms with E-state index in [0.717, 1.165) is 31.1 Å². The number of halogens is 3. The van der Waals surface area contributed by atoms with Crippen molar-refractivity contribution in [1.82, 2.24) is 34.4 Å². The molecule has 3 aromatic rings. The molecule has 2 aliphatic rings. The van der Waals surface area contributed by atoms with Crippen molar-refractivity contribution in [3.05, 3.63) is 52.0 Å². The molecule has 0 bridgehead atoms. The summed E-state index contributed by atoms with van der Waals surface area (Å²) in [5, 5.41) is 4.76. The lowest BCUT2D eigenvalue weighted by molar-refractivity contribution is -0.138. The summed E-state index contributed by atoms with van der Waals surface area (Å²) in [6, 6.07) is 0. The van der Waals surface area contributed by atoms with Gasteiger partial charge in [0, 0.05) is 50.5 Å². The highest BCUT2D eigenvalue weighted by molar-refractivity contribution is 5.42. The van der Waals surface area contributed by atoms with E-state index in [0.29, 0.717) is 50.0 Å². The van der Waals surface area contributed by atoms with E-state index < -0.39 is 11.7 Å². The summed E-state index contributed by atoms with van der Waals surface area (Å²) in [6.45, 7) is 4.99. The van der Waals surface area contributed by atoms with E-state index in [9.17, 15) is 18.0 Å². The number of hydrogen-bond donors (Lipinski definition) is 1. The van der Waals surface area contributed by atoms with Crippen LogP contribution >= 0.6 is 0 Å². The third-order valence-corrected chi connectivity index (χ3v) is 6.47. The summed E-state index contributed by atoms with van der Waals surface area (Å²) in [7, 11) is 0. The van der Waals surface area contributed by atoms with Crippen molar-refractivity contribution in [2.45, 2.75) is 44.3 Å². The van der Waals surface area contributed by atoms with Crippen LogP contribution in [0.3, 0.4) is 0 Å². The minimum Gasteiger partial charge on any atom is -0.381 e. The van der Waals surface area contributed by atoms with Crippen LogP contribution in [-0.4, -0.2) is 60.8 Å². The molecule has 176 valence electrons. The summed E-state index contributed by atoms with van der Waals surface area (Å²) < 4.78 is 45.3. The van der Waals surface area contributed by atoms with Crippen LogP contribution in [0.1, 0.15) is 54.6 Å². The van der Waals surface area contributed by atoms with Crippen LogP contribution in [0.15, 0.2) is 23.4 Å². The fourth-order valence-corrected chi connectivity index (χ4v) is 4.67. The maximum absolute atomic E-state index is 12.7. The molecule has 5 heterocycles. The van der Waals surface area contributed by atoms with E-state index in [1.807, 2.05) is 0 Å². The number of fused-ring (bicyclic) bond motifs is 1. The normalized spacial score (nSPS) is 22.9. The minimum atomic E-state index is -4.46. The first-order chi connectivity index (χ1) is 15.8. The van der Waals surface area contributed by atoms with E-state index in [1.165, 1.54) is 0 Å². The van der Waals surface area contributed by atoms with Gasteiger partial charge in [0.2, 0.25) is 0 Å². The molecule has 12 heteroatoms. The summed E-state index contributed by atoms with van der Waals surface area (Å²) in [4.78, 5) is 29.9. The van der Waals surface area contributed by atoms with Gasteiger partial charge in [0.25, 0.3) is 5.56 Å². The quantitative estimate of drug-likeness (QED) is 0.634. The van der Waals surface area contributed by atoms with Crippen molar-refractivity contribution in [1.29, 1.82) is 0 Å². The van der Waals surface area contributed by atoms with Crippen LogP contribution in [0.4, 0.5) is 13.2 Å². The van der Waals surface area contributed by atoms with Gasteiger partial charge in [-0.3, -0.25) is 9.69 Å². The summed E-state index contributed by atoms with van der Waals surface area (Å²) in [5.74, 6) is 2.02. The van der Waals surface area contributed by atoms with Crippen LogP contribution in [-0.2, 0) is 17.5 Å². The van der Waals surface area contributed by atoms with Gasteiger partial charge in [0.05, 0.1) is 18.3 Å². The average molecular weight is 463 g/mol. The van der Waals surface area contributed by atoms with Crippen LogP contribution < -0.4 is 5.56 Å². The van der Waals surface area contributed by atoms with Gasteiger partial charge < -0.3 is 9.72 Å². The number of alkyl halides is 3. The number of likely N-dealkylation sites (tertiary alicyclic amines) is 1. The first kappa shape index (κ1) is 22.0. The van der Waals surface area contributed by atoms with Crippen molar-refractivity contribution in [3.63, 3.8) is 0 Å². The fraction of sp³-hybridized carbons (Fsp3) is 0.571. The first-order valence-electron chi connectivity index (χ1n) is 11.0. The largest absolute Gasteiger partial charge is 0.419 e. The number of nitrogens with one attached hydrogen (secondary N) is 1. The second-order valence-corrected chi connectivity index (χ2v) is 8.80. The molecule has 2 fully saturated rings. The highest BCUT2D eigenvalue weighted by Gasteiger charge is 2.35. The Morgan fingerprint density at radius 2 is 1.85 bits per heavy atom. The second-order valence-electron chi connectivity index (χ2n) is 8.80. The van der Waals surface area contributed by atoms with E-state index in [2.05, 4.69) is 31.8 Å². The number of aromatic amines is 1. The third kappa shape index (κ3) is 4.36. The average Bonchev–Trinajstić information content (AvgIpc) is 3.38. The van der Waals surface area contributed by atoms with Crippen molar-refractivity contribution in [2.24, 2.45) is 5.92 Å². The lowest BCUT2D eigenvalue weighted by Gasteiger charge is -2.21. The van der Waals surface area contributed by atoms with Gasteiger partial charge in [-0.2, -0.15) is 18.3 Å². The van der Waals surface area contributed by atoms with Gasteiger partial charge in [-0.05, 0) is 18.8 Å². The standard InChI is InChI=1S/C21H24F3N7O2/c1-12-9-30(11-17-25-6-14(7-26-17)21(22,23)24)10-15(12)18-28-20(32)16-8-27-19(31(16)29-18)13-2-4-33-5-3-13/h6-8,12-13,15H,2-5,9-11H2,1H3,(H,28,29,32). The molecule has 5 rings (SSSR count). The van der Waals surface area contributed by atoms with E-state index in [-0.39, 0.29) is 23.3 Å². The SMILES string of the molecule is CC1CN(Cc2ncc(C(F)(F)F)cn2)CC1c1nn2c(C3CCOCC3)ncc2c(=O)[nH]1. The molecular weight excluding hydrogens is 439 g/mol. The van der Waals surface area contributed by atoms with Crippen molar-refractivity contribution in [3.8, 4) is 0 Å². The molecule has 0 saturated carbocycles. The summed E-state index contributed by atoms with van der Waals surface area (Å²) >= 11 is 0. The third-order valence-electron chi connectivity index (χ3n) is 6.47. The summed E-state index contributed by atoms with van der Waals surface area (Å²) in [6.07, 6.45) is 0.394. The molecule has 2 saturated heterocycles. The number of nitrogens with zero attached hydrogens (tertiary/aromatic N) is 6. The number of imidazole rings is 1. The molecule has 2 unspecified atom stereocenters. The predicted molar refractivity (Wildman–Crippen MR) is 111 cm³/mol. The van der Waals surface area contributed by atoms with Crippen molar-refractivity contribution in [2.75, 3.05) is 26.3 Å². The molecule has 33 heavy (non-hydrogen) atoms. The van der Waals surface area contributed by atoms with Crippen LogP contribution in [0.2, 0.25) is 0 Å². The molecule has 9 nitrogen and oxygen atoms in total. The first-order valence-corrected chi connectivity index (χ1v) is 11.0. The Bertz CT molecular complexity index is 1190. The Hall–Kier alpha value is -2.86. The van der Waals surface area contributed by atoms with E-state index >= 15 is 0 Å². The maximum atomic E-state index is 12.7. The predicted octanol–water partition coefficient (Wildman–Crippen LogP) is 2.36. The topological polar surface area (TPSA) is 101 Å². The van der Waals surface area contributed by atoms with Crippen LogP contribution in [0.25, 0.3) is 5.52 Å². The zero-order valence-corrected chi connectivity index (χ0v) is 18.0. The van der Waals surface area contributed by atoms with Gasteiger partial charge in [-0.15, -0.1) is 0 Å². The molecule has 0 radical (unpaired) electrons. The smallest absolute Gasteiger partial charge is 0.381 e. The number of hydrogen-bond acceptors (Lipinski definition) is 7. The Morgan fingerprint density at radius 3 is 2.55 bits per heavy atom. The van der Waals surface area contributed by atoms with E-state index in [4.69, 9.17) is 9.84 Å². The van der Waals surface area contributed by atoms with E-state index in [1.54, 1.807) is 10.7 Å². The minimum absolute atomic E-state index is 0.0403. The van der Waals surface area contributed by atoms with Crippen molar-refractivity contribution >= 4 is 5.52 Å². The Balaban J connectivity index is 1.36. The summed E-state index contributed by atoms with van der Waals surface area (Å²) in [5.41, 5.74) is -0.682. The van der Waals surface area contributed by atoms with Gasteiger partial charge in [0.15, 0.2) is 5.52 Å². The molecule has 0 aromatic carbocycles. The number of aromatic nitrogens is 6. The van der Waals surface area contributed by atoms with Gasteiger partial charge in [0.1, 0.15) is 17.5 Å². The van der Waals surface area contributed by atoms with Gasteiger partial charge in [-0.1, -0.05) is 6.92 Å². The fourth-order valence-electron chi connectivity index (χ4n) is 4.67. The number of ether oxygens (including phenoxy) is 1. The molecule has 3 aromatic heterocycles. The molecule has 1 N–H and O–H groups in total. The molecular formula is C21H24F3N7O2. The van der Waals surface area contributed by atoms with Crippen LogP contribution in [0, 0.1) is 5.92 Å². The molecule has 2 aliphatic heterocycles. The Morgan fingerprint density at radius 1 is 1.12 bits per heavy atom. The van der Waals surface area contributed by atoms with Crippen LogP contribution in [0.5, 0.6) is 0 Å². The Labute approximate surface area is 187 Å². The lowest BCUT2D eigenvalue weighted by atomic mass is 9.97. The maximum Gasteiger partial charge on any atom is 0.419 e. The van der Waals surface area contributed by atoms with Gasteiger partial charge >= 0.3 is 6.18 Å². The highest BCUT2D eigenvalue weighted by Crippen LogP contribution is 2.32. The molecule has 0 aliphatic carbocycles. The monoisotopic (exact) mass is 463 g/mol.